The van der Waals surface area contributed by atoms with Crippen LogP contribution in [0.15, 0.2) is 24.4 Å². The molecule has 1 aromatic carbocycles. The third-order valence-electron chi connectivity index (χ3n) is 2.63. The van der Waals surface area contributed by atoms with Crippen LogP contribution in [-0.4, -0.2) is 10.9 Å². The number of nitrogens with zero attached hydrogens (tertiary/aromatic N) is 1. The van der Waals surface area contributed by atoms with Crippen LogP contribution in [0.5, 0.6) is 0 Å². The summed E-state index contributed by atoms with van der Waals surface area (Å²) < 4.78 is 0. The van der Waals surface area contributed by atoms with Crippen molar-refractivity contribution in [1.82, 2.24) is 4.98 Å². The molecule has 1 heterocycles. The number of nitrogens with one attached hydrogen (secondary N) is 1. The molecule has 0 aliphatic rings. The SMILES string of the molecule is Cc1cc(Cl)c(NC(=O)c2cnc(N)c(Cl)c2)cc1Cl. The van der Waals surface area contributed by atoms with Gasteiger partial charge in [-0.2, -0.15) is 0 Å². The van der Waals surface area contributed by atoms with Gasteiger partial charge in [0.1, 0.15) is 5.82 Å². The quantitative estimate of drug-likeness (QED) is 0.867. The molecule has 0 atom stereocenters. The van der Waals surface area contributed by atoms with E-state index in [0.29, 0.717) is 15.7 Å². The lowest BCUT2D eigenvalue weighted by Gasteiger charge is -2.09. The highest BCUT2D eigenvalue weighted by atomic mass is 35.5. The number of pyridine rings is 1. The molecule has 4 nitrogen and oxygen atoms in total. The number of carbonyl (C=O) groups excluding carboxylic acids is 1. The third-order valence-corrected chi connectivity index (χ3v) is 3.65. The minimum atomic E-state index is -0.402. The van der Waals surface area contributed by atoms with Gasteiger partial charge in [0.15, 0.2) is 0 Å². The van der Waals surface area contributed by atoms with Crippen molar-refractivity contribution in [3.63, 3.8) is 0 Å². The summed E-state index contributed by atoms with van der Waals surface area (Å²) in [5, 5.41) is 3.77. The predicted octanol–water partition coefficient (Wildman–Crippen LogP) is 4.18. The van der Waals surface area contributed by atoms with Gasteiger partial charge in [-0.15, -0.1) is 0 Å². The second-order valence-electron chi connectivity index (χ2n) is 4.13. The van der Waals surface area contributed by atoms with Crippen molar-refractivity contribution in [2.75, 3.05) is 11.1 Å². The van der Waals surface area contributed by atoms with E-state index >= 15 is 0 Å². The van der Waals surface area contributed by atoms with Gasteiger partial charge in [-0.25, -0.2) is 4.98 Å². The molecule has 2 rings (SSSR count). The first kappa shape index (κ1) is 14.9. The normalized spacial score (nSPS) is 10.4. The van der Waals surface area contributed by atoms with Gasteiger partial charge >= 0.3 is 0 Å². The Kier molecular flexibility index (Phi) is 4.38. The first-order valence-corrected chi connectivity index (χ1v) is 6.70. The van der Waals surface area contributed by atoms with Crippen LogP contribution >= 0.6 is 34.8 Å². The Hall–Kier alpha value is -1.49. The van der Waals surface area contributed by atoms with E-state index in [-0.39, 0.29) is 16.4 Å². The second kappa shape index (κ2) is 5.87. The molecule has 20 heavy (non-hydrogen) atoms. The lowest BCUT2D eigenvalue weighted by Crippen LogP contribution is -2.13. The van der Waals surface area contributed by atoms with E-state index in [1.54, 1.807) is 12.1 Å². The van der Waals surface area contributed by atoms with Gasteiger partial charge < -0.3 is 11.1 Å². The zero-order valence-corrected chi connectivity index (χ0v) is 12.6. The number of hydrogen-bond donors (Lipinski definition) is 2. The fraction of sp³-hybridized carbons (Fsp3) is 0.0769. The van der Waals surface area contributed by atoms with Crippen molar-refractivity contribution < 1.29 is 4.79 Å². The number of aryl methyl sites for hydroxylation is 1. The van der Waals surface area contributed by atoms with Gasteiger partial charge in [0, 0.05) is 11.2 Å². The maximum Gasteiger partial charge on any atom is 0.257 e. The molecule has 0 spiro atoms. The maximum atomic E-state index is 12.1. The van der Waals surface area contributed by atoms with Crippen LogP contribution in [0.25, 0.3) is 0 Å². The molecule has 1 amide bonds. The fourth-order valence-electron chi connectivity index (χ4n) is 1.51. The highest BCUT2D eigenvalue weighted by Gasteiger charge is 2.12. The molecule has 3 N–H and O–H groups in total. The van der Waals surface area contributed by atoms with Crippen molar-refractivity contribution in [3.8, 4) is 0 Å². The average molecular weight is 331 g/mol. The zero-order chi connectivity index (χ0) is 14.9. The number of rotatable bonds is 2. The van der Waals surface area contributed by atoms with E-state index in [4.69, 9.17) is 40.5 Å². The summed E-state index contributed by atoms with van der Waals surface area (Å²) in [5.74, 6) is -0.235. The number of nitrogen functional groups attached to an aromatic ring is 1. The molecule has 0 aliphatic carbocycles. The summed E-state index contributed by atoms with van der Waals surface area (Å²) in [7, 11) is 0. The molecule has 0 bridgehead atoms. The molecule has 0 fully saturated rings. The highest BCUT2D eigenvalue weighted by molar-refractivity contribution is 6.36. The Morgan fingerprint density at radius 3 is 2.50 bits per heavy atom. The lowest BCUT2D eigenvalue weighted by atomic mass is 10.2. The van der Waals surface area contributed by atoms with E-state index < -0.39 is 5.91 Å². The summed E-state index contributed by atoms with van der Waals surface area (Å²) in [6.07, 6.45) is 1.33. The third kappa shape index (κ3) is 3.15. The first-order valence-electron chi connectivity index (χ1n) is 5.56. The fourth-order valence-corrected chi connectivity index (χ4v) is 2.10. The van der Waals surface area contributed by atoms with Crippen LogP contribution in [0.1, 0.15) is 15.9 Å². The van der Waals surface area contributed by atoms with Crippen LogP contribution in [0.3, 0.4) is 0 Å². The number of anilines is 2. The number of amides is 1. The minimum absolute atomic E-state index is 0.166. The van der Waals surface area contributed by atoms with Gasteiger partial charge in [-0.1, -0.05) is 34.8 Å². The first-order chi connectivity index (χ1) is 9.38. The number of benzene rings is 1. The van der Waals surface area contributed by atoms with Crippen LogP contribution in [0.2, 0.25) is 15.1 Å². The van der Waals surface area contributed by atoms with Crippen molar-refractivity contribution in [2.24, 2.45) is 0 Å². The smallest absolute Gasteiger partial charge is 0.257 e. The Labute approximate surface area is 130 Å². The Morgan fingerprint density at radius 2 is 1.85 bits per heavy atom. The molecule has 104 valence electrons. The van der Waals surface area contributed by atoms with Gasteiger partial charge in [0.05, 0.1) is 21.3 Å². The van der Waals surface area contributed by atoms with Gasteiger partial charge in [-0.05, 0) is 30.7 Å². The predicted molar refractivity (Wildman–Crippen MR) is 82.8 cm³/mol. The van der Waals surface area contributed by atoms with E-state index in [9.17, 15) is 4.79 Å². The van der Waals surface area contributed by atoms with Crippen LogP contribution in [0.4, 0.5) is 11.5 Å². The molecular weight excluding hydrogens is 321 g/mol. The van der Waals surface area contributed by atoms with Gasteiger partial charge in [0.2, 0.25) is 0 Å². The van der Waals surface area contributed by atoms with Crippen LogP contribution in [-0.2, 0) is 0 Å². The van der Waals surface area contributed by atoms with E-state index in [2.05, 4.69) is 10.3 Å². The minimum Gasteiger partial charge on any atom is -0.382 e. The molecule has 0 saturated heterocycles. The molecule has 0 unspecified atom stereocenters. The number of halogens is 3. The van der Waals surface area contributed by atoms with Crippen molar-refractivity contribution in [1.29, 1.82) is 0 Å². The summed E-state index contributed by atoms with van der Waals surface area (Å²) in [4.78, 5) is 15.9. The molecule has 2 aromatic rings. The summed E-state index contributed by atoms with van der Waals surface area (Å²) >= 11 is 17.9. The zero-order valence-electron chi connectivity index (χ0n) is 10.4. The lowest BCUT2D eigenvalue weighted by molar-refractivity contribution is 0.102. The standard InChI is InChI=1S/C13H10Cl3N3O/c1-6-2-9(15)11(4-8(6)14)19-13(20)7-3-10(16)12(17)18-5-7/h2-5H,1H3,(H2,17,18)(H,19,20). The molecular formula is C13H10Cl3N3O. The van der Waals surface area contributed by atoms with E-state index in [1.165, 1.54) is 12.3 Å². The summed E-state index contributed by atoms with van der Waals surface area (Å²) in [6.45, 7) is 1.82. The second-order valence-corrected chi connectivity index (χ2v) is 5.35. The van der Waals surface area contributed by atoms with Gasteiger partial charge in [0.25, 0.3) is 5.91 Å². The largest absolute Gasteiger partial charge is 0.382 e. The molecule has 0 aliphatic heterocycles. The van der Waals surface area contributed by atoms with Crippen molar-refractivity contribution in [3.05, 3.63) is 50.6 Å². The highest BCUT2D eigenvalue weighted by Crippen LogP contribution is 2.29. The molecule has 0 saturated carbocycles. The monoisotopic (exact) mass is 329 g/mol. The topological polar surface area (TPSA) is 68.0 Å². The van der Waals surface area contributed by atoms with E-state index in [0.717, 1.165) is 5.56 Å². The molecule has 0 radical (unpaired) electrons. The molecule has 1 aromatic heterocycles. The average Bonchev–Trinajstić information content (AvgIpc) is 2.39. The Balaban J connectivity index is 2.27. The van der Waals surface area contributed by atoms with Crippen molar-refractivity contribution in [2.45, 2.75) is 6.92 Å². The number of hydrogen-bond acceptors (Lipinski definition) is 3. The number of carbonyl (C=O) groups is 1. The van der Waals surface area contributed by atoms with Crippen molar-refractivity contribution >= 4 is 52.2 Å². The van der Waals surface area contributed by atoms with Crippen LogP contribution in [0, 0.1) is 6.92 Å². The summed E-state index contributed by atoms with van der Waals surface area (Å²) in [6, 6.07) is 4.69. The Bertz CT molecular complexity index is 689. The number of aromatic nitrogens is 1. The van der Waals surface area contributed by atoms with Gasteiger partial charge in [-0.3, -0.25) is 4.79 Å². The number of nitrogens with two attached hydrogens (primary N) is 1. The summed E-state index contributed by atoms with van der Waals surface area (Å²) in [5.41, 5.74) is 7.01. The maximum absolute atomic E-state index is 12.1. The Morgan fingerprint density at radius 1 is 1.15 bits per heavy atom. The van der Waals surface area contributed by atoms with E-state index in [1.807, 2.05) is 6.92 Å². The van der Waals surface area contributed by atoms with Crippen LogP contribution < -0.4 is 11.1 Å². The molecule has 7 heteroatoms.